The van der Waals surface area contributed by atoms with E-state index in [2.05, 4.69) is 50.4 Å². The Morgan fingerprint density at radius 3 is 2.44 bits per heavy atom. The molecule has 0 amide bonds. The Labute approximate surface area is 98.6 Å². The zero-order chi connectivity index (χ0) is 12.2. The van der Waals surface area contributed by atoms with Gasteiger partial charge in [0.15, 0.2) is 0 Å². The van der Waals surface area contributed by atoms with Gasteiger partial charge in [0, 0.05) is 24.2 Å². The van der Waals surface area contributed by atoms with Gasteiger partial charge in [-0.3, -0.25) is 0 Å². The molecule has 0 saturated heterocycles. The standard InChI is InChI=1S/C14H22N2/c1-11(15)8-12-6-5-7-13(9-12)10-16-14(2,3)4/h5-7,9,15-16H,8,10H2,1-4H3. The topological polar surface area (TPSA) is 35.9 Å². The molecule has 2 nitrogen and oxygen atoms in total. The summed E-state index contributed by atoms with van der Waals surface area (Å²) in [5.74, 6) is 0. The summed E-state index contributed by atoms with van der Waals surface area (Å²) in [7, 11) is 0. The van der Waals surface area contributed by atoms with Crippen LogP contribution in [-0.4, -0.2) is 11.3 Å². The maximum absolute atomic E-state index is 7.49. The number of benzene rings is 1. The van der Waals surface area contributed by atoms with Gasteiger partial charge in [-0.25, -0.2) is 0 Å². The van der Waals surface area contributed by atoms with Gasteiger partial charge in [-0.2, -0.15) is 0 Å². The second-order valence-electron chi connectivity index (χ2n) is 5.38. The summed E-state index contributed by atoms with van der Waals surface area (Å²) >= 11 is 0. The van der Waals surface area contributed by atoms with Crippen molar-refractivity contribution in [3.05, 3.63) is 35.4 Å². The SMILES string of the molecule is CC(=N)Cc1cccc(CNC(C)(C)C)c1. The fraction of sp³-hybridized carbons (Fsp3) is 0.500. The van der Waals surface area contributed by atoms with E-state index in [1.165, 1.54) is 11.1 Å². The molecular weight excluding hydrogens is 196 g/mol. The van der Waals surface area contributed by atoms with Crippen LogP contribution in [0.2, 0.25) is 0 Å². The summed E-state index contributed by atoms with van der Waals surface area (Å²) in [6.45, 7) is 9.23. The Morgan fingerprint density at radius 2 is 1.88 bits per heavy atom. The van der Waals surface area contributed by atoms with Crippen LogP contribution >= 0.6 is 0 Å². The van der Waals surface area contributed by atoms with Gasteiger partial charge in [0.1, 0.15) is 0 Å². The van der Waals surface area contributed by atoms with E-state index >= 15 is 0 Å². The maximum atomic E-state index is 7.49. The average Bonchev–Trinajstić information content (AvgIpc) is 2.13. The van der Waals surface area contributed by atoms with Gasteiger partial charge >= 0.3 is 0 Å². The normalized spacial score (nSPS) is 11.5. The van der Waals surface area contributed by atoms with Crippen molar-refractivity contribution in [1.29, 1.82) is 5.41 Å². The van der Waals surface area contributed by atoms with Crippen molar-refractivity contribution < 1.29 is 0 Å². The number of nitrogens with one attached hydrogen (secondary N) is 2. The lowest BCUT2D eigenvalue weighted by atomic mass is 10.0. The minimum absolute atomic E-state index is 0.146. The van der Waals surface area contributed by atoms with E-state index < -0.39 is 0 Å². The van der Waals surface area contributed by atoms with E-state index in [1.54, 1.807) is 0 Å². The minimum Gasteiger partial charge on any atom is -0.310 e. The Kier molecular flexibility index (Phi) is 4.25. The first-order valence-electron chi connectivity index (χ1n) is 5.74. The second-order valence-corrected chi connectivity index (χ2v) is 5.38. The van der Waals surface area contributed by atoms with Crippen LogP contribution in [0.15, 0.2) is 24.3 Å². The predicted molar refractivity (Wildman–Crippen MR) is 70.1 cm³/mol. The zero-order valence-electron chi connectivity index (χ0n) is 10.7. The molecule has 1 aromatic rings. The molecule has 0 aliphatic heterocycles. The van der Waals surface area contributed by atoms with Gasteiger partial charge < -0.3 is 10.7 Å². The van der Waals surface area contributed by atoms with Gasteiger partial charge in [-0.05, 0) is 38.8 Å². The monoisotopic (exact) mass is 218 g/mol. The summed E-state index contributed by atoms with van der Waals surface area (Å²) in [6.07, 6.45) is 0.753. The molecule has 2 N–H and O–H groups in total. The lowest BCUT2D eigenvalue weighted by molar-refractivity contribution is 0.424. The molecule has 0 fully saturated rings. The molecule has 88 valence electrons. The molecule has 0 aliphatic rings. The first-order valence-corrected chi connectivity index (χ1v) is 5.74. The summed E-state index contributed by atoms with van der Waals surface area (Å²) in [5.41, 5.74) is 3.36. The molecular formula is C14H22N2. The van der Waals surface area contributed by atoms with Crippen LogP contribution in [0.5, 0.6) is 0 Å². The summed E-state index contributed by atoms with van der Waals surface area (Å²) in [4.78, 5) is 0. The Morgan fingerprint density at radius 1 is 1.25 bits per heavy atom. The van der Waals surface area contributed by atoms with Crippen molar-refractivity contribution in [1.82, 2.24) is 5.32 Å². The van der Waals surface area contributed by atoms with E-state index in [0.717, 1.165) is 13.0 Å². The summed E-state index contributed by atoms with van der Waals surface area (Å²) in [6, 6.07) is 8.45. The Balaban J connectivity index is 2.64. The highest BCUT2D eigenvalue weighted by Crippen LogP contribution is 2.08. The van der Waals surface area contributed by atoms with E-state index in [-0.39, 0.29) is 5.54 Å². The van der Waals surface area contributed by atoms with Crippen LogP contribution in [0.4, 0.5) is 0 Å². The van der Waals surface area contributed by atoms with Crippen molar-refractivity contribution in [2.45, 2.75) is 46.2 Å². The molecule has 0 atom stereocenters. The molecule has 0 aliphatic carbocycles. The molecule has 2 heteroatoms. The highest BCUT2D eigenvalue weighted by Gasteiger charge is 2.08. The largest absolute Gasteiger partial charge is 0.310 e. The van der Waals surface area contributed by atoms with Crippen LogP contribution in [0.25, 0.3) is 0 Å². The predicted octanol–water partition coefficient (Wildman–Crippen LogP) is 3.16. The summed E-state index contributed by atoms with van der Waals surface area (Å²) in [5, 5.41) is 11.0. The number of hydrogen-bond donors (Lipinski definition) is 2. The van der Waals surface area contributed by atoms with Crippen LogP contribution < -0.4 is 5.32 Å². The van der Waals surface area contributed by atoms with Gasteiger partial charge in [-0.1, -0.05) is 24.3 Å². The van der Waals surface area contributed by atoms with Crippen LogP contribution in [0, 0.1) is 5.41 Å². The number of rotatable bonds is 4. The highest BCUT2D eigenvalue weighted by molar-refractivity contribution is 5.81. The molecule has 0 aromatic heterocycles. The molecule has 0 bridgehead atoms. The molecule has 0 radical (unpaired) electrons. The third-order valence-electron chi connectivity index (χ3n) is 2.28. The number of hydrogen-bond acceptors (Lipinski definition) is 2. The van der Waals surface area contributed by atoms with Crippen molar-refractivity contribution in [3.8, 4) is 0 Å². The maximum Gasteiger partial charge on any atom is 0.0210 e. The van der Waals surface area contributed by atoms with Crippen molar-refractivity contribution in [3.63, 3.8) is 0 Å². The van der Waals surface area contributed by atoms with Gasteiger partial charge in [-0.15, -0.1) is 0 Å². The molecule has 0 saturated carbocycles. The lowest BCUT2D eigenvalue weighted by Crippen LogP contribution is -2.35. The molecule has 1 rings (SSSR count). The van der Waals surface area contributed by atoms with Gasteiger partial charge in [0.25, 0.3) is 0 Å². The third-order valence-corrected chi connectivity index (χ3v) is 2.28. The van der Waals surface area contributed by atoms with Crippen molar-refractivity contribution in [2.75, 3.05) is 0 Å². The molecule has 1 aromatic carbocycles. The third kappa shape index (κ3) is 5.08. The van der Waals surface area contributed by atoms with Gasteiger partial charge in [0.2, 0.25) is 0 Å². The van der Waals surface area contributed by atoms with E-state index in [0.29, 0.717) is 5.71 Å². The Bertz CT molecular complexity index is 361. The van der Waals surface area contributed by atoms with Gasteiger partial charge in [0.05, 0.1) is 0 Å². The van der Waals surface area contributed by atoms with E-state index in [9.17, 15) is 0 Å². The van der Waals surface area contributed by atoms with Crippen LogP contribution in [0.3, 0.4) is 0 Å². The summed E-state index contributed by atoms with van der Waals surface area (Å²) < 4.78 is 0. The lowest BCUT2D eigenvalue weighted by Gasteiger charge is -2.20. The van der Waals surface area contributed by atoms with Crippen LogP contribution in [0.1, 0.15) is 38.8 Å². The molecule has 0 heterocycles. The fourth-order valence-electron chi connectivity index (χ4n) is 1.52. The highest BCUT2D eigenvalue weighted by atomic mass is 14.9. The van der Waals surface area contributed by atoms with E-state index in [1.807, 2.05) is 6.92 Å². The fourth-order valence-corrected chi connectivity index (χ4v) is 1.52. The smallest absolute Gasteiger partial charge is 0.0210 e. The first-order chi connectivity index (χ1) is 7.37. The second kappa shape index (κ2) is 5.26. The average molecular weight is 218 g/mol. The van der Waals surface area contributed by atoms with Crippen LogP contribution in [-0.2, 0) is 13.0 Å². The quantitative estimate of drug-likeness (QED) is 0.748. The van der Waals surface area contributed by atoms with Crippen molar-refractivity contribution >= 4 is 5.71 Å². The minimum atomic E-state index is 0.146. The van der Waals surface area contributed by atoms with E-state index in [4.69, 9.17) is 5.41 Å². The molecule has 0 unspecified atom stereocenters. The zero-order valence-corrected chi connectivity index (χ0v) is 10.7. The molecule has 16 heavy (non-hydrogen) atoms. The Hall–Kier alpha value is -1.15. The molecule has 0 spiro atoms. The van der Waals surface area contributed by atoms with Crippen molar-refractivity contribution in [2.24, 2.45) is 0 Å². The first kappa shape index (κ1) is 12.9.